The van der Waals surface area contributed by atoms with Crippen molar-refractivity contribution in [2.75, 3.05) is 11.9 Å². The molecule has 0 aliphatic heterocycles. The molecule has 0 fully saturated rings. The van der Waals surface area contributed by atoms with Gasteiger partial charge < -0.3 is 10.1 Å². The summed E-state index contributed by atoms with van der Waals surface area (Å²) < 4.78 is 5.24. The topological polar surface area (TPSA) is 55.4 Å². The molecule has 0 unspecified atom stereocenters. The van der Waals surface area contributed by atoms with Crippen molar-refractivity contribution in [2.24, 2.45) is 0 Å². The first-order valence-corrected chi connectivity index (χ1v) is 10.6. The highest BCUT2D eigenvalue weighted by molar-refractivity contribution is 7.17. The summed E-state index contributed by atoms with van der Waals surface area (Å²) in [6, 6.07) is 11.7. The number of nitrogens with one attached hydrogen (secondary N) is 1. The number of aryl methyl sites for hydroxylation is 1. The lowest BCUT2D eigenvalue weighted by Crippen LogP contribution is -2.15. The Morgan fingerprint density at radius 1 is 1.03 bits per heavy atom. The van der Waals surface area contributed by atoms with Crippen LogP contribution in [0.15, 0.2) is 42.5 Å². The minimum Gasteiger partial charge on any atom is -0.462 e. The van der Waals surface area contributed by atoms with Crippen LogP contribution in [-0.2, 0) is 4.74 Å². The maximum atomic E-state index is 12.8. The van der Waals surface area contributed by atoms with Gasteiger partial charge in [0.2, 0.25) is 0 Å². The van der Waals surface area contributed by atoms with Crippen molar-refractivity contribution >= 4 is 63.0 Å². The van der Waals surface area contributed by atoms with Gasteiger partial charge in [-0.15, -0.1) is 11.3 Å². The summed E-state index contributed by atoms with van der Waals surface area (Å²) in [6.07, 6.45) is 0. The van der Waals surface area contributed by atoms with Crippen LogP contribution in [0.4, 0.5) is 5.00 Å². The molecule has 3 rings (SSSR count). The van der Waals surface area contributed by atoms with Crippen molar-refractivity contribution in [1.29, 1.82) is 0 Å². The van der Waals surface area contributed by atoms with E-state index in [4.69, 9.17) is 39.5 Å². The van der Waals surface area contributed by atoms with Crippen LogP contribution in [0.1, 0.15) is 32.5 Å². The van der Waals surface area contributed by atoms with E-state index in [1.54, 1.807) is 25.1 Å². The highest BCUT2D eigenvalue weighted by atomic mass is 35.5. The van der Waals surface area contributed by atoms with E-state index in [9.17, 15) is 9.59 Å². The second kappa shape index (κ2) is 9.18. The van der Waals surface area contributed by atoms with E-state index in [1.165, 1.54) is 23.5 Å². The Morgan fingerprint density at radius 2 is 1.69 bits per heavy atom. The molecule has 2 aromatic carbocycles. The van der Waals surface area contributed by atoms with Crippen molar-refractivity contribution in [1.82, 2.24) is 0 Å². The third-order valence-electron chi connectivity index (χ3n) is 4.10. The molecule has 0 aliphatic carbocycles. The number of carbonyl (C=O) groups excluding carboxylic acids is 2. The summed E-state index contributed by atoms with van der Waals surface area (Å²) in [4.78, 5) is 26.4. The second-order valence-electron chi connectivity index (χ2n) is 6.04. The molecule has 1 aromatic heterocycles. The fourth-order valence-electron chi connectivity index (χ4n) is 2.84. The Labute approximate surface area is 187 Å². The summed E-state index contributed by atoms with van der Waals surface area (Å²) in [6.45, 7) is 3.82. The fourth-order valence-corrected chi connectivity index (χ4v) is 4.52. The molecule has 0 spiro atoms. The van der Waals surface area contributed by atoms with Crippen LogP contribution < -0.4 is 5.32 Å². The normalized spacial score (nSPS) is 10.7. The zero-order chi connectivity index (χ0) is 21.1. The zero-order valence-corrected chi connectivity index (χ0v) is 18.6. The van der Waals surface area contributed by atoms with Crippen molar-refractivity contribution in [3.8, 4) is 11.1 Å². The van der Waals surface area contributed by atoms with Crippen LogP contribution in [0, 0.1) is 6.92 Å². The molecule has 1 amide bonds. The number of thiophene rings is 1. The molecule has 29 heavy (non-hydrogen) atoms. The molecule has 1 N–H and O–H groups in total. The van der Waals surface area contributed by atoms with Gasteiger partial charge in [-0.3, -0.25) is 4.79 Å². The van der Waals surface area contributed by atoms with E-state index in [1.807, 2.05) is 19.1 Å². The largest absolute Gasteiger partial charge is 0.462 e. The predicted molar refractivity (Wildman–Crippen MR) is 120 cm³/mol. The Kier molecular flexibility index (Phi) is 6.85. The number of esters is 1. The quantitative estimate of drug-likeness (QED) is 0.406. The average Bonchev–Trinajstić information content (AvgIpc) is 2.98. The molecular formula is C21H16Cl3NO3S. The van der Waals surface area contributed by atoms with Gasteiger partial charge in [0.1, 0.15) is 10.6 Å². The van der Waals surface area contributed by atoms with Crippen LogP contribution in [0.25, 0.3) is 11.1 Å². The number of rotatable bonds is 5. The van der Waals surface area contributed by atoms with Gasteiger partial charge in [0.25, 0.3) is 5.91 Å². The van der Waals surface area contributed by atoms with Crippen LogP contribution in [0.2, 0.25) is 15.1 Å². The van der Waals surface area contributed by atoms with E-state index in [2.05, 4.69) is 5.32 Å². The van der Waals surface area contributed by atoms with Crippen molar-refractivity contribution in [3.05, 3.63) is 73.5 Å². The van der Waals surface area contributed by atoms with Gasteiger partial charge in [-0.1, -0.05) is 46.9 Å². The van der Waals surface area contributed by atoms with Crippen LogP contribution >= 0.6 is 46.1 Å². The maximum Gasteiger partial charge on any atom is 0.341 e. The first-order chi connectivity index (χ1) is 13.8. The Hall–Kier alpha value is -2.05. The van der Waals surface area contributed by atoms with Gasteiger partial charge in [-0.25, -0.2) is 4.79 Å². The van der Waals surface area contributed by atoms with Crippen LogP contribution in [0.5, 0.6) is 0 Å². The lowest BCUT2D eigenvalue weighted by molar-refractivity contribution is 0.0529. The van der Waals surface area contributed by atoms with Crippen LogP contribution in [0.3, 0.4) is 0 Å². The zero-order valence-electron chi connectivity index (χ0n) is 15.5. The summed E-state index contributed by atoms with van der Waals surface area (Å²) >= 11 is 19.3. The summed E-state index contributed by atoms with van der Waals surface area (Å²) in [5.41, 5.74) is 2.05. The van der Waals surface area contributed by atoms with E-state index >= 15 is 0 Å². The Bertz CT molecular complexity index is 1080. The van der Waals surface area contributed by atoms with Crippen molar-refractivity contribution in [2.45, 2.75) is 13.8 Å². The smallest absolute Gasteiger partial charge is 0.341 e. The molecule has 8 heteroatoms. The standard InChI is InChI=1S/C21H16Cl3NO3S/c1-3-28-21(27)18-17(12-4-6-13(22)7-5-12)11(2)29-20(18)25-19(26)15-9-8-14(23)10-16(15)24/h4-10H,3H2,1-2H3,(H,25,26). The number of anilines is 1. The lowest BCUT2D eigenvalue weighted by atomic mass is 10.0. The molecule has 0 radical (unpaired) electrons. The van der Waals surface area contributed by atoms with Gasteiger partial charge in [0.05, 0.1) is 17.2 Å². The SMILES string of the molecule is CCOC(=O)c1c(NC(=O)c2ccc(Cl)cc2Cl)sc(C)c1-c1ccc(Cl)cc1. The van der Waals surface area contributed by atoms with Gasteiger partial charge in [0, 0.05) is 20.5 Å². The van der Waals surface area contributed by atoms with Crippen LogP contribution in [-0.4, -0.2) is 18.5 Å². The number of ether oxygens (including phenoxy) is 1. The monoisotopic (exact) mass is 467 g/mol. The van der Waals surface area contributed by atoms with Crippen molar-refractivity contribution in [3.63, 3.8) is 0 Å². The Morgan fingerprint density at radius 3 is 2.31 bits per heavy atom. The molecule has 0 bridgehead atoms. The van der Waals surface area contributed by atoms with E-state index in [-0.39, 0.29) is 17.2 Å². The molecule has 150 valence electrons. The first-order valence-electron chi connectivity index (χ1n) is 8.64. The molecule has 0 saturated heterocycles. The molecule has 3 aromatic rings. The average molecular weight is 469 g/mol. The molecule has 0 atom stereocenters. The number of hydrogen-bond acceptors (Lipinski definition) is 4. The summed E-state index contributed by atoms with van der Waals surface area (Å²) in [7, 11) is 0. The third-order valence-corrected chi connectivity index (χ3v) is 5.92. The van der Waals surface area contributed by atoms with Gasteiger partial charge >= 0.3 is 5.97 Å². The molecule has 1 heterocycles. The van der Waals surface area contributed by atoms with Crippen molar-refractivity contribution < 1.29 is 14.3 Å². The summed E-state index contributed by atoms with van der Waals surface area (Å²) in [5.74, 6) is -0.958. The fraction of sp³-hybridized carbons (Fsp3) is 0.143. The molecule has 4 nitrogen and oxygen atoms in total. The lowest BCUT2D eigenvalue weighted by Gasteiger charge is -2.10. The number of carbonyl (C=O) groups is 2. The highest BCUT2D eigenvalue weighted by Crippen LogP contribution is 2.41. The number of amides is 1. The van der Waals surface area contributed by atoms with Gasteiger partial charge in [0.15, 0.2) is 0 Å². The maximum absolute atomic E-state index is 12.8. The molecule has 0 saturated carbocycles. The van der Waals surface area contributed by atoms with E-state index in [0.717, 1.165) is 10.4 Å². The first kappa shape index (κ1) is 21.7. The number of hydrogen-bond donors (Lipinski definition) is 1. The minimum atomic E-state index is -0.515. The minimum absolute atomic E-state index is 0.212. The van der Waals surface area contributed by atoms with E-state index < -0.39 is 11.9 Å². The van der Waals surface area contributed by atoms with E-state index in [0.29, 0.717) is 26.2 Å². The number of halogens is 3. The molecule has 0 aliphatic rings. The van der Waals surface area contributed by atoms with Gasteiger partial charge in [-0.05, 0) is 49.7 Å². The second-order valence-corrected chi connectivity index (χ2v) is 8.55. The molecular weight excluding hydrogens is 453 g/mol. The highest BCUT2D eigenvalue weighted by Gasteiger charge is 2.26. The third kappa shape index (κ3) is 4.75. The number of benzene rings is 2. The Balaban J connectivity index is 2.06. The predicted octanol–water partition coefficient (Wildman–Crippen LogP) is 7.11. The summed E-state index contributed by atoms with van der Waals surface area (Å²) in [5, 5.41) is 4.42. The van der Waals surface area contributed by atoms with Gasteiger partial charge in [-0.2, -0.15) is 0 Å².